The third-order valence-corrected chi connectivity index (χ3v) is 4.93. The van der Waals surface area contributed by atoms with Crippen LogP contribution < -0.4 is 5.32 Å². The van der Waals surface area contributed by atoms with Gasteiger partial charge in [-0.3, -0.25) is 19.3 Å². The molecule has 3 aromatic rings. The van der Waals surface area contributed by atoms with E-state index in [1.807, 2.05) is 30.3 Å². The van der Waals surface area contributed by atoms with Crippen LogP contribution in [-0.2, 0) is 11.3 Å². The number of aromatic nitrogens is 1. The summed E-state index contributed by atoms with van der Waals surface area (Å²) in [7, 11) is 0. The van der Waals surface area contributed by atoms with Crippen molar-refractivity contribution in [2.24, 2.45) is 0 Å². The Hall–Kier alpha value is -4.33. The summed E-state index contributed by atoms with van der Waals surface area (Å²) in [6.07, 6.45) is 1.38. The molecule has 3 amide bonds. The van der Waals surface area contributed by atoms with Crippen molar-refractivity contribution in [3.8, 4) is 0 Å². The Balaban J connectivity index is 1.52. The van der Waals surface area contributed by atoms with Gasteiger partial charge in [-0.2, -0.15) is 0 Å². The van der Waals surface area contributed by atoms with Crippen molar-refractivity contribution in [1.82, 2.24) is 9.88 Å². The number of hydrogen-bond acceptors (Lipinski definition) is 6. The fraction of sp³-hybridized carbons (Fsp3) is 0.125. The number of fused-ring (bicyclic) bond motifs is 1. The number of hydrogen-bond donors (Lipinski definition) is 1. The van der Waals surface area contributed by atoms with Crippen molar-refractivity contribution in [3.05, 3.63) is 94.7 Å². The molecule has 1 aliphatic heterocycles. The van der Waals surface area contributed by atoms with Crippen molar-refractivity contribution in [3.63, 3.8) is 0 Å². The van der Waals surface area contributed by atoms with Gasteiger partial charge in [0.2, 0.25) is 0 Å². The van der Waals surface area contributed by atoms with Crippen molar-refractivity contribution >= 4 is 29.5 Å². The Morgan fingerprint density at radius 1 is 0.938 bits per heavy atom. The average molecular weight is 429 g/mol. The van der Waals surface area contributed by atoms with Gasteiger partial charge in [-0.05, 0) is 42.8 Å². The maximum Gasteiger partial charge on any atom is 0.338 e. The van der Waals surface area contributed by atoms with Gasteiger partial charge in [-0.1, -0.05) is 30.3 Å². The number of esters is 1. The van der Waals surface area contributed by atoms with E-state index in [-0.39, 0.29) is 41.2 Å². The Bertz CT molecular complexity index is 1220. The van der Waals surface area contributed by atoms with Crippen LogP contribution in [0.1, 0.15) is 53.9 Å². The molecule has 0 saturated carbocycles. The van der Waals surface area contributed by atoms with Crippen molar-refractivity contribution < 1.29 is 23.9 Å². The van der Waals surface area contributed by atoms with Gasteiger partial charge in [0.15, 0.2) is 0 Å². The first-order valence-electron chi connectivity index (χ1n) is 9.96. The third kappa shape index (κ3) is 4.11. The molecule has 0 fully saturated rings. The van der Waals surface area contributed by atoms with E-state index in [0.29, 0.717) is 0 Å². The Kier molecular flexibility index (Phi) is 5.76. The van der Waals surface area contributed by atoms with Gasteiger partial charge in [0, 0.05) is 11.8 Å². The molecule has 1 aliphatic rings. The molecule has 4 rings (SSSR count). The number of benzene rings is 2. The number of rotatable bonds is 6. The minimum atomic E-state index is -0.525. The Morgan fingerprint density at radius 3 is 2.44 bits per heavy atom. The zero-order chi connectivity index (χ0) is 22.7. The molecule has 0 spiro atoms. The van der Waals surface area contributed by atoms with Crippen molar-refractivity contribution in [2.45, 2.75) is 13.5 Å². The summed E-state index contributed by atoms with van der Waals surface area (Å²) in [4.78, 5) is 55.3. The monoisotopic (exact) mass is 429 g/mol. The van der Waals surface area contributed by atoms with Crippen LogP contribution in [0.25, 0.3) is 0 Å². The van der Waals surface area contributed by atoms with E-state index in [2.05, 4.69) is 10.3 Å². The molecule has 0 radical (unpaired) electrons. The van der Waals surface area contributed by atoms with Gasteiger partial charge in [-0.15, -0.1) is 0 Å². The highest BCUT2D eigenvalue weighted by Crippen LogP contribution is 2.26. The number of carbonyl (C=O) groups is 4. The van der Waals surface area contributed by atoms with Gasteiger partial charge in [-0.25, -0.2) is 9.78 Å². The van der Waals surface area contributed by atoms with Crippen LogP contribution in [0.2, 0.25) is 0 Å². The molecule has 0 bridgehead atoms. The smallest absolute Gasteiger partial charge is 0.338 e. The third-order valence-electron chi connectivity index (χ3n) is 4.93. The van der Waals surface area contributed by atoms with Crippen LogP contribution in [0.4, 0.5) is 5.82 Å². The van der Waals surface area contributed by atoms with E-state index < -0.39 is 23.7 Å². The molecule has 0 atom stereocenters. The fourth-order valence-electron chi connectivity index (χ4n) is 3.37. The summed E-state index contributed by atoms with van der Waals surface area (Å²) in [6, 6.07) is 16.4. The maximum absolute atomic E-state index is 12.8. The standard InChI is InChI=1S/C24H19N3O5/c1-2-32-24(31)17-10-11-25-20(13-17)26-21(28)16-8-9-18-19(12-16)23(30)27(22(18)29)14-15-6-4-3-5-7-15/h3-13H,2,14H2,1H3,(H,25,26,28). The van der Waals surface area contributed by atoms with Gasteiger partial charge < -0.3 is 10.1 Å². The van der Waals surface area contributed by atoms with Crippen LogP contribution >= 0.6 is 0 Å². The normalized spacial score (nSPS) is 12.5. The summed E-state index contributed by atoms with van der Waals surface area (Å²) in [6.45, 7) is 2.08. The molecule has 8 heteroatoms. The largest absolute Gasteiger partial charge is 0.462 e. The lowest BCUT2D eigenvalue weighted by molar-refractivity contribution is 0.0525. The number of nitrogens with one attached hydrogen (secondary N) is 1. The molecule has 0 aliphatic carbocycles. The van der Waals surface area contributed by atoms with E-state index in [1.165, 1.54) is 36.5 Å². The second-order valence-corrected chi connectivity index (χ2v) is 7.05. The number of carbonyl (C=O) groups excluding carboxylic acids is 4. The number of imide groups is 1. The molecule has 2 aromatic carbocycles. The highest BCUT2D eigenvalue weighted by Gasteiger charge is 2.36. The number of nitrogens with zero attached hydrogens (tertiary/aromatic N) is 2. The van der Waals surface area contributed by atoms with E-state index >= 15 is 0 Å². The lowest BCUT2D eigenvalue weighted by Gasteiger charge is -2.13. The van der Waals surface area contributed by atoms with E-state index in [0.717, 1.165) is 10.5 Å². The fourth-order valence-corrected chi connectivity index (χ4v) is 3.37. The molecule has 160 valence electrons. The molecule has 32 heavy (non-hydrogen) atoms. The molecule has 8 nitrogen and oxygen atoms in total. The van der Waals surface area contributed by atoms with E-state index in [4.69, 9.17) is 4.74 Å². The quantitative estimate of drug-likeness (QED) is 0.476. The van der Waals surface area contributed by atoms with Gasteiger partial charge >= 0.3 is 5.97 Å². The minimum Gasteiger partial charge on any atom is -0.462 e. The lowest BCUT2D eigenvalue weighted by atomic mass is 10.1. The second kappa shape index (κ2) is 8.81. The zero-order valence-corrected chi connectivity index (χ0v) is 17.2. The van der Waals surface area contributed by atoms with Crippen LogP contribution in [0.5, 0.6) is 0 Å². The van der Waals surface area contributed by atoms with E-state index in [9.17, 15) is 19.2 Å². The SMILES string of the molecule is CCOC(=O)c1ccnc(NC(=O)c2ccc3c(c2)C(=O)N(Cc2ccccc2)C3=O)c1. The minimum absolute atomic E-state index is 0.152. The Labute approximate surface area is 183 Å². The Morgan fingerprint density at radius 2 is 1.69 bits per heavy atom. The topological polar surface area (TPSA) is 106 Å². The number of pyridine rings is 1. The van der Waals surface area contributed by atoms with Crippen LogP contribution in [0.15, 0.2) is 66.9 Å². The van der Waals surface area contributed by atoms with Crippen molar-refractivity contribution in [2.75, 3.05) is 11.9 Å². The van der Waals surface area contributed by atoms with Crippen LogP contribution in [-0.4, -0.2) is 40.2 Å². The molecule has 1 aromatic heterocycles. The molecular formula is C24H19N3O5. The van der Waals surface area contributed by atoms with Gasteiger partial charge in [0.25, 0.3) is 17.7 Å². The molecule has 0 unspecified atom stereocenters. The first-order valence-corrected chi connectivity index (χ1v) is 9.96. The lowest BCUT2D eigenvalue weighted by Crippen LogP contribution is -2.29. The van der Waals surface area contributed by atoms with E-state index in [1.54, 1.807) is 6.92 Å². The number of ether oxygens (including phenoxy) is 1. The summed E-state index contributed by atoms with van der Waals surface area (Å²) in [5.74, 6) is -1.74. The molecule has 0 saturated heterocycles. The second-order valence-electron chi connectivity index (χ2n) is 7.05. The predicted octanol–water partition coefficient (Wildman–Crippen LogP) is 3.31. The first-order chi connectivity index (χ1) is 15.5. The summed E-state index contributed by atoms with van der Waals surface area (Å²) in [5.41, 5.74) is 1.70. The highest BCUT2D eigenvalue weighted by molar-refractivity contribution is 6.22. The summed E-state index contributed by atoms with van der Waals surface area (Å²) in [5, 5.41) is 2.60. The molecular weight excluding hydrogens is 410 g/mol. The van der Waals surface area contributed by atoms with Crippen LogP contribution in [0.3, 0.4) is 0 Å². The summed E-state index contributed by atoms with van der Waals surface area (Å²) < 4.78 is 4.94. The highest BCUT2D eigenvalue weighted by atomic mass is 16.5. The first kappa shape index (κ1) is 20.9. The molecule has 1 N–H and O–H groups in total. The maximum atomic E-state index is 12.8. The average Bonchev–Trinajstić information content (AvgIpc) is 3.04. The zero-order valence-electron chi connectivity index (χ0n) is 17.2. The molecule has 2 heterocycles. The summed E-state index contributed by atoms with van der Waals surface area (Å²) >= 11 is 0. The number of anilines is 1. The van der Waals surface area contributed by atoms with Crippen molar-refractivity contribution in [1.29, 1.82) is 0 Å². The predicted molar refractivity (Wildman–Crippen MR) is 115 cm³/mol. The van der Waals surface area contributed by atoms with Gasteiger partial charge in [0.1, 0.15) is 5.82 Å². The van der Waals surface area contributed by atoms with Crippen LogP contribution in [0, 0.1) is 0 Å². The number of amides is 3. The van der Waals surface area contributed by atoms with Gasteiger partial charge in [0.05, 0.1) is 29.8 Å².